The fourth-order valence-corrected chi connectivity index (χ4v) is 1.76. The molecule has 3 heteroatoms. The topological polar surface area (TPSA) is 39.1 Å². The number of rotatable bonds is 2. The minimum atomic E-state index is -0.266. The number of aryl methyl sites for hydroxylation is 1. The highest BCUT2D eigenvalue weighted by Gasteiger charge is 2.06. The second-order valence-corrected chi connectivity index (χ2v) is 4.02. The zero-order valence-electron chi connectivity index (χ0n) is 9.81. The molecule has 0 aliphatic rings. The highest BCUT2D eigenvalue weighted by molar-refractivity contribution is 5.75. The van der Waals surface area contributed by atoms with E-state index in [1.807, 2.05) is 31.2 Å². The van der Waals surface area contributed by atoms with E-state index < -0.39 is 0 Å². The molecule has 0 bridgehead atoms. The summed E-state index contributed by atoms with van der Waals surface area (Å²) >= 11 is 0. The molecule has 86 valence electrons. The van der Waals surface area contributed by atoms with Crippen molar-refractivity contribution in [2.45, 2.75) is 6.92 Å². The SMILES string of the molecule is Cc1ccc(-c2ccc(C=O)c(=O)n2C)cc1. The molecule has 17 heavy (non-hydrogen) atoms. The molecule has 3 nitrogen and oxygen atoms in total. The number of aldehydes is 1. The second kappa shape index (κ2) is 4.37. The van der Waals surface area contributed by atoms with Crippen LogP contribution in [0, 0.1) is 6.92 Å². The van der Waals surface area contributed by atoms with Gasteiger partial charge in [-0.2, -0.15) is 0 Å². The number of hydrogen-bond acceptors (Lipinski definition) is 2. The van der Waals surface area contributed by atoms with Crippen LogP contribution in [0.5, 0.6) is 0 Å². The number of nitrogens with zero attached hydrogens (tertiary/aromatic N) is 1. The molecule has 0 N–H and O–H groups in total. The first-order valence-electron chi connectivity index (χ1n) is 5.35. The number of benzene rings is 1. The van der Waals surface area contributed by atoms with Crippen LogP contribution in [0.4, 0.5) is 0 Å². The van der Waals surface area contributed by atoms with Gasteiger partial charge in [-0.05, 0) is 24.6 Å². The van der Waals surface area contributed by atoms with Crippen molar-refractivity contribution >= 4 is 6.29 Å². The molecule has 0 saturated heterocycles. The first-order chi connectivity index (χ1) is 8.13. The summed E-state index contributed by atoms with van der Waals surface area (Å²) in [6, 6.07) is 11.3. The van der Waals surface area contributed by atoms with Crippen LogP contribution in [0.3, 0.4) is 0 Å². The monoisotopic (exact) mass is 227 g/mol. The van der Waals surface area contributed by atoms with E-state index in [4.69, 9.17) is 0 Å². The predicted octanol–water partition coefficient (Wildman–Crippen LogP) is 2.17. The van der Waals surface area contributed by atoms with Gasteiger partial charge in [-0.1, -0.05) is 29.8 Å². The number of aromatic nitrogens is 1. The van der Waals surface area contributed by atoms with Gasteiger partial charge in [0, 0.05) is 7.05 Å². The molecule has 0 unspecified atom stereocenters. The van der Waals surface area contributed by atoms with Crippen molar-refractivity contribution in [3.8, 4) is 11.3 Å². The van der Waals surface area contributed by atoms with Gasteiger partial charge in [-0.25, -0.2) is 0 Å². The first kappa shape index (κ1) is 11.3. The van der Waals surface area contributed by atoms with E-state index in [0.717, 1.165) is 11.3 Å². The van der Waals surface area contributed by atoms with Gasteiger partial charge in [0.25, 0.3) is 5.56 Å². The summed E-state index contributed by atoms with van der Waals surface area (Å²) < 4.78 is 1.49. The summed E-state index contributed by atoms with van der Waals surface area (Å²) in [6.07, 6.45) is 0.585. The van der Waals surface area contributed by atoms with Gasteiger partial charge in [0.2, 0.25) is 0 Å². The zero-order valence-corrected chi connectivity index (χ0v) is 9.81. The summed E-state index contributed by atoms with van der Waals surface area (Å²) in [5.74, 6) is 0. The van der Waals surface area contributed by atoms with Crippen molar-refractivity contribution in [3.05, 3.63) is 57.9 Å². The van der Waals surface area contributed by atoms with Crippen molar-refractivity contribution in [1.29, 1.82) is 0 Å². The molecule has 0 fully saturated rings. The molecule has 1 aromatic carbocycles. The largest absolute Gasteiger partial charge is 0.311 e. The van der Waals surface area contributed by atoms with Crippen LogP contribution in [0.1, 0.15) is 15.9 Å². The summed E-state index contributed by atoms with van der Waals surface area (Å²) in [4.78, 5) is 22.5. The fourth-order valence-electron chi connectivity index (χ4n) is 1.76. The van der Waals surface area contributed by atoms with Gasteiger partial charge in [0.1, 0.15) is 0 Å². The summed E-state index contributed by atoms with van der Waals surface area (Å²) in [5, 5.41) is 0. The Balaban J connectivity index is 2.61. The Labute approximate surface area is 99.3 Å². The summed E-state index contributed by atoms with van der Waals surface area (Å²) in [6.45, 7) is 2.01. The molecule has 2 aromatic rings. The van der Waals surface area contributed by atoms with E-state index >= 15 is 0 Å². The van der Waals surface area contributed by atoms with E-state index in [2.05, 4.69) is 0 Å². The number of carbonyl (C=O) groups is 1. The third-order valence-electron chi connectivity index (χ3n) is 2.81. The molecule has 1 heterocycles. The van der Waals surface area contributed by atoms with Gasteiger partial charge in [0.15, 0.2) is 6.29 Å². The Morgan fingerprint density at radius 2 is 1.71 bits per heavy atom. The Kier molecular flexibility index (Phi) is 2.91. The van der Waals surface area contributed by atoms with E-state index in [1.54, 1.807) is 19.2 Å². The third-order valence-corrected chi connectivity index (χ3v) is 2.81. The van der Waals surface area contributed by atoms with Crippen LogP contribution in [0.15, 0.2) is 41.2 Å². The van der Waals surface area contributed by atoms with Crippen molar-refractivity contribution in [3.63, 3.8) is 0 Å². The highest BCUT2D eigenvalue weighted by atomic mass is 16.1. The quantitative estimate of drug-likeness (QED) is 0.737. The Bertz CT molecular complexity index is 609. The van der Waals surface area contributed by atoms with Gasteiger partial charge in [0.05, 0.1) is 11.3 Å². The van der Waals surface area contributed by atoms with Crippen molar-refractivity contribution in [1.82, 2.24) is 4.57 Å². The van der Waals surface area contributed by atoms with E-state index in [0.29, 0.717) is 6.29 Å². The molecule has 0 amide bonds. The number of pyridine rings is 1. The van der Waals surface area contributed by atoms with Crippen LogP contribution >= 0.6 is 0 Å². The van der Waals surface area contributed by atoms with Gasteiger partial charge < -0.3 is 4.57 Å². The van der Waals surface area contributed by atoms with E-state index in [1.165, 1.54) is 10.1 Å². The predicted molar refractivity (Wildman–Crippen MR) is 67.2 cm³/mol. The van der Waals surface area contributed by atoms with Crippen molar-refractivity contribution < 1.29 is 4.79 Å². The average Bonchev–Trinajstić information content (AvgIpc) is 2.34. The first-order valence-corrected chi connectivity index (χ1v) is 5.35. The molecule has 0 atom stereocenters. The molecule has 0 spiro atoms. The van der Waals surface area contributed by atoms with Crippen molar-refractivity contribution in [2.75, 3.05) is 0 Å². The van der Waals surface area contributed by atoms with Crippen LogP contribution in [0.2, 0.25) is 0 Å². The maximum Gasteiger partial charge on any atom is 0.261 e. The van der Waals surface area contributed by atoms with Crippen LogP contribution in [0.25, 0.3) is 11.3 Å². The maximum atomic E-state index is 11.8. The fraction of sp³-hybridized carbons (Fsp3) is 0.143. The standard InChI is InChI=1S/C14H13NO2/c1-10-3-5-11(6-4-10)13-8-7-12(9-16)14(17)15(13)2/h3-9H,1-2H3. The minimum absolute atomic E-state index is 0.184. The summed E-state index contributed by atoms with van der Waals surface area (Å²) in [5.41, 5.74) is 2.86. The second-order valence-electron chi connectivity index (χ2n) is 4.02. The van der Waals surface area contributed by atoms with Crippen LogP contribution in [-0.4, -0.2) is 10.9 Å². The van der Waals surface area contributed by atoms with Gasteiger partial charge in [-0.15, -0.1) is 0 Å². The molecular weight excluding hydrogens is 214 g/mol. The van der Waals surface area contributed by atoms with Crippen LogP contribution < -0.4 is 5.56 Å². The number of hydrogen-bond donors (Lipinski definition) is 0. The lowest BCUT2D eigenvalue weighted by atomic mass is 10.1. The lowest BCUT2D eigenvalue weighted by Crippen LogP contribution is -2.21. The molecule has 0 aliphatic carbocycles. The number of carbonyl (C=O) groups excluding carboxylic acids is 1. The Morgan fingerprint density at radius 3 is 2.29 bits per heavy atom. The molecule has 1 aromatic heterocycles. The Hall–Kier alpha value is -2.16. The average molecular weight is 227 g/mol. The normalized spacial score (nSPS) is 10.2. The molecule has 0 saturated carbocycles. The lowest BCUT2D eigenvalue weighted by molar-refractivity contribution is 0.112. The molecule has 0 aliphatic heterocycles. The summed E-state index contributed by atoms with van der Waals surface area (Å²) in [7, 11) is 1.67. The zero-order chi connectivity index (χ0) is 12.4. The third kappa shape index (κ3) is 2.04. The molecule has 2 rings (SSSR count). The van der Waals surface area contributed by atoms with Gasteiger partial charge in [-0.3, -0.25) is 9.59 Å². The highest BCUT2D eigenvalue weighted by Crippen LogP contribution is 2.17. The van der Waals surface area contributed by atoms with E-state index in [-0.39, 0.29) is 11.1 Å². The van der Waals surface area contributed by atoms with Gasteiger partial charge >= 0.3 is 0 Å². The smallest absolute Gasteiger partial charge is 0.261 e. The van der Waals surface area contributed by atoms with Crippen molar-refractivity contribution in [2.24, 2.45) is 7.05 Å². The minimum Gasteiger partial charge on any atom is -0.311 e. The maximum absolute atomic E-state index is 11.8. The Morgan fingerprint density at radius 1 is 1.06 bits per heavy atom. The molecule has 0 radical (unpaired) electrons. The van der Waals surface area contributed by atoms with E-state index in [9.17, 15) is 9.59 Å². The van der Waals surface area contributed by atoms with Crippen LogP contribution in [-0.2, 0) is 7.05 Å². The molecular formula is C14H13NO2. The lowest BCUT2D eigenvalue weighted by Gasteiger charge is -2.08.